The Labute approximate surface area is 167 Å². The third-order valence-corrected chi connectivity index (χ3v) is 3.69. The molecule has 3 heterocycles. The quantitative estimate of drug-likeness (QED) is 0.539. The van der Waals surface area contributed by atoms with Crippen LogP contribution in [0.25, 0.3) is 0 Å². The Morgan fingerprint density at radius 3 is 2.80 bits per heavy atom. The molecule has 0 saturated carbocycles. The minimum absolute atomic E-state index is 0.00403. The summed E-state index contributed by atoms with van der Waals surface area (Å²) >= 11 is 0. The van der Waals surface area contributed by atoms with Gasteiger partial charge in [0.1, 0.15) is 18.6 Å². The molecule has 30 heavy (non-hydrogen) atoms. The predicted octanol–water partition coefficient (Wildman–Crippen LogP) is 1.37. The zero-order valence-corrected chi connectivity index (χ0v) is 15.7. The van der Waals surface area contributed by atoms with Gasteiger partial charge in [0.05, 0.1) is 24.4 Å². The summed E-state index contributed by atoms with van der Waals surface area (Å²) in [6, 6.07) is 1.73. The summed E-state index contributed by atoms with van der Waals surface area (Å²) in [4.78, 5) is 20.1. The summed E-state index contributed by atoms with van der Waals surface area (Å²) < 4.78 is 47.3. The van der Waals surface area contributed by atoms with Gasteiger partial charge in [-0.15, -0.1) is 6.58 Å². The van der Waals surface area contributed by atoms with E-state index in [4.69, 9.17) is 4.74 Å². The topological polar surface area (TPSA) is 126 Å². The fourth-order valence-corrected chi connectivity index (χ4v) is 2.37. The minimum Gasteiger partial charge on any atom is -0.367 e. The lowest BCUT2D eigenvalue weighted by atomic mass is 10.1. The first-order valence-corrected chi connectivity index (χ1v) is 8.45. The van der Waals surface area contributed by atoms with Crippen LogP contribution in [0.4, 0.5) is 19.1 Å². The molecule has 0 spiro atoms. The highest BCUT2D eigenvalue weighted by molar-refractivity contribution is 6.04. The van der Waals surface area contributed by atoms with Crippen LogP contribution in [0.2, 0.25) is 0 Å². The van der Waals surface area contributed by atoms with E-state index in [1.165, 1.54) is 21.8 Å². The summed E-state index contributed by atoms with van der Waals surface area (Å²) in [6.07, 6.45) is -1.72. The second-order valence-electron chi connectivity index (χ2n) is 5.94. The van der Waals surface area contributed by atoms with Gasteiger partial charge in [-0.3, -0.25) is 14.8 Å². The van der Waals surface area contributed by atoms with Gasteiger partial charge < -0.3 is 4.74 Å². The van der Waals surface area contributed by atoms with Crippen molar-refractivity contribution in [1.29, 1.82) is 0 Å². The predicted molar refractivity (Wildman–Crippen MR) is 94.7 cm³/mol. The van der Waals surface area contributed by atoms with Gasteiger partial charge in [-0.25, -0.2) is 14.6 Å². The molecule has 3 aromatic rings. The Morgan fingerprint density at radius 1 is 1.33 bits per heavy atom. The number of allylic oxidation sites excluding steroid dienone is 1. The first kappa shape index (κ1) is 21.0. The molecule has 0 aromatic carbocycles. The number of ether oxygens (including phenoxy) is 1. The van der Waals surface area contributed by atoms with Crippen molar-refractivity contribution in [2.24, 2.45) is 7.05 Å². The first-order chi connectivity index (χ1) is 14.3. The van der Waals surface area contributed by atoms with E-state index in [1.54, 1.807) is 7.05 Å². The standard InChI is InChI=1S/C16H16F3N9O2/c1-3-6-28-15(23-25-26-28)22-14(29)10-4-5-12(16(17,18)19)21-11(10)7-30-8-13-20-9-27(2)24-13/h3-5,9H,1,6-8H2,2H3,(H,22,23,26,29). The van der Waals surface area contributed by atoms with Crippen LogP contribution in [0, 0.1) is 0 Å². The SMILES string of the molecule is C=CCn1nnnc1NC(=O)c1ccc(C(F)(F)F)nc1COCc1ncn(C)n1. The number of nitrogens with zero attached hydrogens (tertiary/aromatic N) is 8. The summed E-state index contributed by atoms with van der Waals surface area (Å²) in [5, 5.41) is 17.2. The van der Waals surface area contributed by atoms with Crippen molar-refractivity contribution in [3.63, 3.8) is 0 Å². The third kappa shape index (κ3) is 5.02. The van der Waals surface area contributed by atoms with E-state index in [1.807, 2.05) is 0 Å². The van der Waals surface area contributed by atoms with Gasteiger partial charge in [0, 0.05) is 7.05 Å². The molecule has 0 aliphatic rings. The van der Waals surface area contributed by atoms with Crippen LogP contribution < -0.4 is 5.32 Å². The summed E-state index contributed by atoms with van der Waals surface area (Å²) in [7, 11) is 1.66. The fourth-order valence-electron chi connectivity index (χ4n) is 2.37. The lowest BCUT2D eigenvalue weighted by Crippen LogP contribution is -2.20. The average molecular weight is 423 g/mol. The van der Waals surface area contributed by atoms with Crippen molar-refractivity contribution >= 4 is 11.9 Å². The van der Waals surface area contributed by atoms with Gasteiger partial charge in [0.15, 0.2) is 5.82 Å². The maximum Gasteiger partial charge on any atom is 0.433 e. The number of carbonyl (C=O) groups is 1. The van der Waals surface area contributed by atoms with Crippen molar-refractivity contribution in [2.75, 3.05) is 5.32 Å². The van der Waals surface area contributed by atoms with E-state index in [-0.39, 0.29) is 37.0 Å². The molecule has 1 N–H and O–H groups in total. The lowest BCUT2D eigenvalue weighted by molar-refractivity contribution is -0.141. The third-order valence-electron chi connectivity index (χ3n) is 3.69. The highest BCUT2D eigenvalue weighted by Gasteiger charge is 2.33. The zero-order valence-electron chi connectivity index (χ0n) is 15.7. The van der Waals surface area contributed by atoms with E-state index >= 15 is 0 Å². The van der Waals surface area contributed by atoms with Crippen molar-refractivity contribution in [3.8, 4) is 0 Å². The second kappa shape index (κ2) is 8.77. The smallest absolute Gasteiger partial charge is 0.367 e. The summed E-state index contributed by atoms with van der Waals surface area (Å²) in [5.41, 5.74) is -1.48. The Bertz CT molecular complexity index is 1040. The summed E-state index contributed by atoms with van der Waals surface area (Å²) in [5.74, 6) is -0.408. The molecule has 0 bridgehead atoms. The molecule has 0 aliphatic heterocycles. The summed E-state index contributed by atoms with van der Waals surface area (Å²) in [6.45, 7) is 3.33. The van der Waals surface area contributed by atoms with E-state index in [9.17, 15) is 18.0 Å². The van der Waals surface area contributed by atoms with Crippen molar-refractivity contribution in [3.05, 3.63) is 53.9 Å². The Balaban J connectivity index is 1.81. The molecule has 0 radical (unpaired) electrons. The second-order valence-corrected chi connectivity index (χ2v) is 5.94. The molecular formula is C16H16F3N9O2. The molecule has 0 unspecified atom stereocenters. The van der Waals surface area contributed by atoms with Crippen LogP contribution in [0.3, 0.4) is 0 Å². The minimum atomic E-state index is -4.68. The van der Waals surface area contributed by atoms with Crippen LogP contribution in [-0.2, 0) is 37.7 Å². The molecule has 11 nitrogen and oxygen atoms in total. The highest BCUT2D eigenvalue weighted by atomic mass is 19.4. The monoisotopic (exact) mass is 423 g/mol. The zero-order chi connectivity index (χ0) is 21.7. The van der Waals surface area contributed by atoms with E-state index in [0.29, 0.717) is 11.9 Å². The van der Waals surface area contributed by atoms with Gasteiger partial charge >= 0.3 is 6.18 Å². The highest BCUT2D eigenvalue weighted by Crippen LogP contribution is 2.28. The van der Waals surface area contributed by atoms with Crippen LogP contribution in [0.1, 0.15) is 27.6 Å². The molecule has 3 aromatic heterocycles. The van der Waals surface area contributed by atoms with E-state index in [0.717, 1.165) is 6.07 Å². The van der Waals surface area contributed by atoms with Crippen LogP contribution in [0.15, 0.2) is 31.1 Å². The molecule has 158 valence electrons. The van der Waals surface area contributed by atoms with Crippen molar-refractivity contribution in [1.82, 2.24) is 40.0 Å². The number of halogens is 3. The van der Waals surface area contributed by atoms with Gasteiger partial charge in [0.2, 0.25) is 5.95 Å². The van der Waals surface area contributed by atoms with E-state index in [2.05, 4.69) is 42.5 Å². The number of anilines is 1. The number of rotatable bonds is 8. The molecule has 0 fully saturated rings. The number of nitrogens with one attached hydrogen (secondary N) is 1. The van der Waals surface area contributed by atoms with Crippen LogP contribution in [0.5, 0.6) is 0 Å². The van der Waals surface area contributed by atoms with Gasteiger partial charge in [-0.2, -0.15) is 18.3 Å². The number of alkyl halides is 3. The number of hydrogen-bond acceptors (Lipinski definition) is 8. The average Bonchev–Trinajstić information content (AvgIpc) is 3.30. The Hall–Kier alpha value is -3.68. The molecule has 0 aliphatic carbocycles. The maximum atomic E-state index is 13.1. The number of pyridine rings is 1. The van der Waals surface area contributed by atoms with Crippen LogP contribution in [-0.4, -0.2) is 45.9 Å². The number of amides is 1. The number of tetrazole rings is 1. The normalized spacial score (nSPS) is 11.5. The first-order valence-electron chi connectivity index (χ1n) is 8.45. The number of carbonyl (C=O) groups excluding carboxylic acids is 1. The van der Waals surface area contributed by atoms with Gasteiger partial charge in [-0.05, 0) is 22.6 Å². The molecular weight excluding hydrogens is 407 g/mol. The largest absolute Gasteiger partial charge is 0.433 e. The molecule has 1 amide bonds. The Kier molecular flexibility index (Phi) is 6.15. The number of aromatic nitrogens is 8. The molecule has 14 heteroatoms. The van der Waals surface area contributed by atoms with Gasteiger partial charge in [0.25, 0.3) is 5.91 Å². The number of aryl methyl sites for hydroxylation is 1. The van der Waals surface area contributed by atoms with Gasteiger partial charge in [-0.1, -0.05) is 11.2 Å². The maximum absolute atomic E-state index is 13.1. The number of hydrogen-bond donors (Lipinski definition) is 1. The molecule has 0 atom stereocenters. The van der Waals surface area contributed by atoms with Crippen LogP contribution >= 0.6 is 0 Å². The lowest BCUT2D eigenvalue weighted by Gasteiger charge is -2.12. The van der Waals surface area contributed by atoms with E-state index < -0.39 is 17.8 Å². The van der Waals surface area contributed by atoms with Crippen molar-refractivity contribution < 1.29 is 22.7 Å². The molecule has 3 rings (SSSR count). The Morgan fingerprint density at radius 2 is 2.13 bits per heavy atom. The van der Waals surface area contributed by atoms with Crippen molar-refractivity contribution in [2.45, 2.75) is 25.9 Å². The fraction of sp³-hybridized carbons (Fsp3) is 0.312. The molecule has 0 saturated heterocycles.